The molecule has 1 heterocycles. The molecular weight excluding hydrogens is 209 g/mol. The van der Waals surface area contributed by atoms with Crippen molar-refractivity contribution in [1.29, 1.82) is 0 Å². The molecule has 1 N–H and O–H groups in total. The first kappa shape index (κ1) is 11.2. The van der Waals surface area contributed by atoms with Gasteiger partial charge in [0.15, 0.2) is 17.3 Å². The number of hydrogen-bond donors (Lipinski definition) is 1. The third-order valence-corrected chi connectivity index (χ3v) is 2.69. The molecular formula is C12H16FNO2. The Morgan fingerprint density at radius 3 is 3.00 bits per heavy atom. The maximum atomic E-state index is 13.6. The average Bonchev–Trinajstić information content (AvgIpc) is 2.33. The van der Waals surface area contributed by atoms with Gasteiger partial charge in [0, 0.05) is 6.54 Å². The van der Waals surface area contributed by atoms with Gasteiger partial charge in [-0.3, -0.25) is 0 Å². The van der Waals surface area contributed by atoms with Gasteiger partial charge in [0.1, 0.15) is 6.10 Å². The van der Waals surface area contributed by atoms with Gasteiger partial charge in [-0.05, 0) is 31.5 Å². The normalized spacial score (nSPS) is 20.5. The summed E-state index contributed by atoms with van der Waals surface area (Å²) >= 11 is 0. The van der Waals surface area contributed by atoms with E-state index in [0.717, 1.165) is 25.9 Å². The van der Waals surface area contributed by atoms with Crippen LogP contribution in [0.5, 0.6) is 11.5 Å². The Hall–Kier alpha value is -1.29. The van der Waals surface area contributed by atoms with E-state index in [4.69, 9.17) is 9.47 Å². The van der Waals surface area contributed by atoms with Crippen molar-refractivity contribution < 1.29 is 13.9 Å². The van der Waals surface area contributed by atoms with Crippen molar-refractivity contribution in [1.82, 2.24) is 5.32 Å². The number of ether oxygens (including phenoxy) is 2. The largest absolute Gasteiger partial charge is 0.493 e. The molecule has 1 atom stereocenters. The first-order valence-corrected chi connectivity index (χ1v) is 5.51. The molecule has 88 valence electrons. The molecule has 2 rings (SSSR count). The molecule has 0 spiro atoms. The van der Waals surface area contributed by atoms with Crippen LogP contribution in [0.3, 0.4) is 0 Å². The fraction of sp³-hybridized carbons (Fsp3) is 0.500. The van der Waals surface area contributed by atoms with E-state index in [9.17, 15) is 4.39 Å². The molecule has 1 aliphatic rings. The topological polar surface area (TPSA) is 30.5 Å². The molecule has 4 heteroatoms. The maximum absolute atomic E-state index is 13.6. The third kappa shape index (κ3) is 2.44. The molecule has 0 radical (unpaired) electrons. The van der Waals surface area contributed by atoms with Crippen LogP contribution in [0.1, 0.15) is 12.8 Å². The zero-order valence-corrected chi connectivity index (χ0v) is 9.33. The summed E-state index contributed by atoms with van der Waals surface area (Å²) in [5.74, 6) is 0.300. The van der Waals surface area contributed by atoms with Gasteiger partial charge in [0.05, 0.1) is 7.11 Å². The number of hydrogen-bond acceptors (Lipinski definition) is 3. The molecule has 1 aromatic rings. The third-order valence-electron chi connectivity index (χ3n) is 2.69. The van der Waals surface area contributed by atoms with Crippen LogP contribution in [0.15, 0.2) is 18.2 Å². The molecule has 0 amide bonds. The van der Waals surface area contributed by atoms with Crippen LogP contribution in [-0.4, -0.2) is 26.3 Å². The number of methoxy groups -OCH3 is 1. The Balaban J connectivity index is 2.12. The van der Waals surface area contributed by atoms with E-state index in [1.807, 2.05) is 0 Å². The standard InChI is InChI=1S/C12H16FNO2/c1-15-11-6-2-5-10(13)12(11)16-9-4-3-7-14-8-9/h2,5-6,9,14H,3-4,7-8H2,1H3. The van der Waals surface area contributed by atoms with Crippen molar-refractivity contribution in [2.24, 2.45) is 0 Å². The minimum atomic E-state index is -0.370. The van der Waals surface area contributed by atoms with Gasteiger partial charge in [-0.25, -0.2) is 4.39 Å². The Morgan fingerprint density at radius 2 is 2.31 bits per heavy atom. The first-order valence-electron chi connectivity index (χ1n) is 5.51. The lowest BCUT2D eigenvalue weighted by molar-refractivity contribution is 0.154. The van der Waals surface area contributed by atoms with E-state index in [2.05, 4.69) is 5.32 Å². The second kappa shape index (κ2) is 5.16. The number of para-hydroxylation sites is 1. The van der Waals surface area contributed by atoms with Gasteiger partial charge in [-0.1, -0.05) is 6.07 Å². The van der Waals surface area contributed by atoms with Crippen molar-refractivity contribution in [3.63, 3.8) is 0 Å². The predicted molar refractivity (Wildman–Crippen MR) is 59.5 cm³/mol. The van der Waals surface area contributed by atoms with Crippen molar-refractivity contribution in [3.05, 3.63) is 24.0 Å². The molecule has 3 nitrogen and oxygen atoms in total. The smallest absolute Gasteiger partial charge is 0.197 e. The van der Waals surface area contributed by atoms with Crippen molar-refractivity contribution >= 4 is 0 Å². The van der Waals surface area contributed by atoms with E-state index in [1.165, 1.54) is 13.2 Å². The van der Waals surface area contributed by atoms with Gasteiger partial charge in [0.25, 0.3) is 0 Å². The molecule has 1 fully saturated rings. The van der Waals surface area contributed by atoms with E-state index in [-0.39, 0.29) is 17.7 Å². The molecule has 0 saturated carbocycles. The summed E-state index contributed by atoms with van der Waals surface area (Å²) in [6.07, 6.45) is 2.03. The minimum Gasteiger partial charge on any atom is -0.493 e. The monoisotopic (exact) mass is 225 g/mol. The highest BCUT2D eigenvalue weighted by Gasteiger charge is 2.18. The number of benzene rings is 1. The van der Waals surface area contributed by atoms with Crippen LogP contribution in [0.4, 0.5) is 4.39 Å². The lowest BCUT2D eigenvalue weighted by Crippen LogP contribution is -2.37. The molecule has 1 saturated heterocycles. The second-order valence-electron chi connectivity index (χ2n) is 3.86. The Morgan fingerprint density at radius 1 is 1.44 bits per heavy atom. The van der Waals surface area contributed by atoms with Crippen LogP contribution >= 0.6 is 0 Å². The van der Waals surface area contributed by atoms with E-state index >= 15 is 0 Å². The van der Waals surface area contributed by atoms with Crippen LogP contribution in [0.25, 0.3) is 0 Å². The van der Waals surface area contributed by atoms with Crippen LogP contribution in [0.2, 0.25) is 0 Å². The maximum Gasteiger partial charge on any atom is 0.197 e. The lowest BCUT2D eigenvalue weighted by atomic mass is 10.1. The SMILES string of the molecule is COc1cccc(F)c1OC1CCCNC1. The van der Waals surface area contributed by atoms with Crippen molar-refractivity contribution in [2.75, 3.05) is 20.2 Å². The molecule has 16 heavy (non-hydrogen) atoms. The summed E-state index contributed by atoms with van der Waals surface area (Å²) in [5.41, 5.74) is 0. The number of halogens is 1. The zero-order chi connectivity index (χ0) is 11.4. The molecule has 1 unspecified atom stereocenters. The molecule has 0 aliphatic carbocycles. The summed E-state index contributed by atoms with van der Waals surface area (Å²) in [5, 5.41) is 3.22. The lowest BCUT2D eigenvalue weighted by Gasteiger charge is -2.24. The fourth-order valence-corrected chi connectivity index (χ4v) is 1.85. The highest BCUT2D eigenvalue weighted by molar-refractivity contribution is 5.41. The van der Waals surface area contributed by atoms with Gasteiger partial charge in [-0.15, -0.1) is 0 Å². The summed E-state index contributed by atoms with van der Waals surface area (Å²) in [6.45, 7) is 1.77. The zero-order valence-electron chi connectivity index (χ0n) is 9.33. The Labute approximate surface area is 94.6 Å². The second-order valence-corrected chi connectivity index (χ2v) is 3.86. The van der Waals surface area contributed by atoms with Gasteiger partial charge < -0.3 is 14.8 Å². The molecule has 0 aromatic heterocycles. The Kier molecular flexibility index (Phi) is 3.62. The summed E-state index contributed by atoms with van der Waals surface area (Å²) < 4.78 is 24.3. The summed E-state index contributed by atoms with van der Waals surface area (Å²) in [7, 11) is 1.51. The van der Waals surface area contributed by atoms with Crippen molar-refractivity contribution in [3.8, 4) is 11.5 Å². The number of piperidine rings is 1. The van der Waals surface area contributed by atoms with Gasteiger partial charge in [0.2, 0.25) is 0 Å². The summed E-state index contributed by atoms with van der Waals surface area (Å²) in [6, 6.07) is 4.70. The predicted octanol–water partition coefficient (Wildman–Crippen LogP) is 1.97. The van der Waals surface area contributed by atoms with Crippen LogP contribution in [0, 0.1) is 5.82 Å². The van der Waals surface area contributed by atoms with Crippen molar-refractivity contribution in [2.45, 2.75) is 18.9 Å². The van der Waals surface area contributed by atoms with E-state index < -0.39 is 0 Å². The van der Waals surface area contributed by atoms with Gasteiger partial charge in [-0.2, -0.15) is 0 Å². The van der Waals surface area contributed by atoms with E-state index in [0.29, 0.717) is 5.75 Å². The number of rotatable bonds is 3. The van der Waals surface area contributed by atoms with E-state index in [1.54, 1.807) is 12.1 Å². The summed E-state index contributed by atoms with van der Waals surface area (Å²) in [4.78, 5) is 0. The highest BCUT2D eigenvalue weighted by atomic mass is 19.1. The first-order chi connectivity index (χ1) is 7.81. The number of nitrogens with one attached hydrogen (secondary N) is 1. The van der Waals surface area contributed by atoms with Crippen LogP contribution < -0.4 is 14.8 Å². The quantitative estimate of drug-likeness (QED) is 0.853. The minimum absolute atomic E-state index is 0.0274. The Bertz CT molecular complexity index is 351. The molecule has 1 aliphatic heterocycles. The molecule has 1 aromatic carbocycles. The molecule has 0 bridgehead atoms. The van der Waals surface area contributed by atoms with Crippen LogP contribution in [-0.2, 0) is 0 Å². The average molecular weight is 225 g/mol. The fourth-order valence-electron chi connectivity index (χ4n) is 1.85. The van der Waals surface area contributed by atoms with Gasteiger partial charge >= 0.3 is 0 Å². The highest BCUT2D eigenvalue weighted by Crippen LogP contribution is 2.31.